The number of carbonyl (C=O) groups is 1. The average molecular weight is 244 g/mol. The molecule has 2 aliphatic rings. The van der Waals surface area contributed by atoms with Crippen LogP contribution in [0.15, 0.2) is 18.2 Å². The van der Waals surface area contributed by atoms with Crippen LogP contribution in [-0.2, 0) is 13.1 Å². The Morgan fingerprint density at radius 3 is 3.06 bits per heavy atom. The highest BCUT2D eigenvalue weighted by atomic mass is 16.2. The Balaban J connectivity index is 1.84. The van der Waals surface area contributed by atoms with Gasteiger partial charge < -0.3 is 10.2 Å². The van der Waals surface area contributed by atoms with Crippen LogP contribution >= 0.6 is 0 Å². The summed E-state index contributed by atoms with van der Waals surface area (Å²) in [6.45, 7) is 4.92. The molecule has 18 heavy (non-hydrogen) atoms. The van der Waals surface area contributed by atoms with Gasteiger partial charge in [-0.3, -0.25) is 4.79 Å². The molecule has 3 heteroatoms. The Labute approximate surface area is 108 Å². The third kappa shape index (κ3) is 1.93. The molecule has 1 atom stereocenters. The molecule has 1 fully saturated rings. The van der Waals surface area contributed by atoms with Crippen LogP contribution in [0.25, 0.3) is 0 Å². The molecule has 0 aromatic heterocycles. The molecule has 1 aromatic rings. The van der Waals surface area contributed by atoms with E-state index in [1.165, 1.54) is 11.1 Å². The van der Waals surface area contributed by atoms with Gasteiger partial charge in [0.1, 0.15) is 0 Å². The van der Waals surface area contributed by atoms with Crippen LogP contribution in [0.3, 0.4) is 0 Å². The SMILES string of the molecule is CCC1CCCN1C(=O)c1ccc2c(c1)CNC2. The summed E-state index contributed by atoms with van der Waals surface area (Å²) in [5.41, 5.74) is 3.48. The highest BCUT2D eigenvalue weighted by molar-refractivity contribution is 5.95. The minimum atomic E-state index is 0.217. The summed E-state index contributed by atoms with van der Waals surface area (Å²) < 4.78 is 0. The molecule has 3 rings (SSSR count). The van der Waals surface area contributed by atoms with Crippen molar-refractivity contribution in [2.24, 2.45) is 0 Å². The molecule has 1 unspecified atom stereocenters. The fourth-order valence-corrected chi connectivity index (χ4v) is 3.12. The Bertz CT molecular complexity index is 470. The molecule has 0 saturated carbocycles. The average Bonchev–Trinajstić information content (AvgIpc) is 3.05. The van der Waals surface area contributed by atoms with Crippen LogP contribution in [0, 0.1) is 0 Å². The fraction of sp³-hybridized carbons (Fsp3) is 0.533. The van der Waals surface area contributed by atoms with Crippen LogP contribution in [0.2, 0.25) is 0 Å². The number of amides is 1. The largest absolute Gasteiger partial charge is 0.336 e. The normalized spacial score (nSPS) is 22.3. The molecule has 0 radical (unpaired) electrons. The Morgan fingerprint density at radius 2 is 2.22 bits per heavy atom. The number of carbonyl (C=O) groups excluding carboxylic acids is 1. The second-order valence-corrected chi connectivity index (χ2v) is 5.29. The number of likely N-dealkylation sites (tertiary alicyclic amines) is 1. The van der Waals surface area contributed by atoms with E-state index in [1.807, 2.05) is 6.07 Å². The zero-order chi connectivity index (χ0) is 12.5. The Kier molecular flexibility index (Phi) is 3.08. The summed E-state index contributed by atoms with van der Waals surface area (Å²) in [7, 11) is 0. The van der Waals surface area contributed by atoms with Gasteiger partial charge in [0.05, 0.1) is 0 Å². The summed E-state index contributed by atoms with van der Waals surface area (Å²) >= 11 is 0. The molecule has 96 valence electrons. The van der Waals surface area contributed by atoms with Gasteiger partial charge in [-0.25, -0.2) is 0 Å². The lowest BCUT2D eigenvalue weighted by atomic mass is 10.0. The number of fused-ring (bicyclic) bond motifs is 1. The standard InChI is InChI=1S/C15H20N2O/c1-2-14-4-3-7-17(14)15(18)11-5-6-12-9-16-10-13(12)8-11/h5-6,8,14,16H,2-4,7,9-10H2,1H3. The van der Waals surface area contributed by atoms with Gasteiger partial charge in [0, 0.05) is 31.2 Å². The zero-order valence-electron chi connectivity index (χ0n) is 10.9. The van der Waals surface area contributed by atoms with Crippen molar-refractivity contribution >= 4 is 5.91 Å². The molecule has 3 nitrogen and oxygen atoms in total. The third-order valence-corrected chi connectivity index (χ3v) is 4.19. The summed E-state index contributed by atoms with van der Waals surface area (Å²) in [4.78, 5) is 14.6. The maximum Gasteiger partial charge on any atom is 0.254 e. The van der Waals surface area contributed by atoms with Crippen molar-refractivity contribution in [3.8, 4) is 0 Å². The van der Waals surface area contributed by atoms with Crippen LogP contribution in [0.1, 0.15) is 47.7 Å². The first-order valence-electron chi connectivity index (χ1n) is 6.93. The van der Waals surface area contributed by atoms with E-state index >= 15 is 0 Å². The smallest absolute Gasteiger partial charge is 0.254 e. The molecule has 1 saturated heterocycles. The fourth-order valence-electron chi connectivity index (χ4n) is 3.12. The van der Waals surface area contributed by atoms with Crippen molar-refractivity contribution < 1.29 is 4.79 Å². The van der Waals surface area contributed by atoms with Crippen LogP contribution < -0.4 is 5.32 Å². The summed E-state index contributed by atoms with van der Waals surface area (Å²) in [6, 6.07) is 6.60. The van der Waals surface area contributed by atoms with Gasteiger partial charge in [-0.1, -0.05) is 13.0 Å². The van der Waals surface area contributed by atoms with Crippen LogP contribution in [0.5, 0.6) is 0 Å². The molecule has 2 aliphatic heterocycles. The monoisotopic (exact) mass is 244 g/mol. The lowest BCUT2D eigenvalue weighted by molar-refractivity contribution is 0.0733. The molecule has 1 amide bonds. The van der Waals surface area contributed by atoms with Crippen LogP contribution in [-0.4, -0.2) is 23.4 Å². The first-order chi connectivity index (χ1) is 8.79. The highest BCUT2D eigenvalue weighted by Gasteiger charge is 2.28. The van der Waals surface area contributed by atoms with E-state index in [9.17, 15) is 4.79 Å². The summed E-state index contributed by atoms with van der Waals surface area (Å²) in [5.74, 6) is 0.217. The predicted octanol–water partition coefficient (Wildman–Crippen LogP) is 2.30. The van der Waals surface area contributed by atoms with Gasteiger partial charge in [-0.15, -0.1) is 0 Å². The van der Waals surface area contributed by atoms with Gasteiger partial charge in [0.25, 0.3) is 5.91 Å². The second-order valence-electron chi connectivity index (χ2n) is 5.29. The lowest BCUT2D eigenvalue weighted by Crippen LogP contribution is -2.35. The zero-order valence-corrected chi connectivity index (χ0v) is 10.9. The van der Waals surface area contributed by atoms with Crippen molar-refractivity contribution in [2.45, 2.75) is 45.3 Å². The molecule has 1 N–H and O–H groups in total. The first-order valence-corrected chi connectivity index (χ1v) is 6.93. The quantitative estimate of drug-likeness (QED) is 0.865. The van der Waals surface area contributed by atoms with Crippen molar-refractivity contribution in [1.29, 1.82) is 0 Å². The molecule has 0 aliphatic carbocycles. The predicted molar refractivity (Wildman–Crippen MR) is 71.3 cm³/mol. The van der Waals surface area contributed by atoms with Crippen molar-refractivity contribution in [3.63, 3.8) is 0 Å². The molecule has 1 aromatic carbocycles. The molecule has 0 spiro atoms. The number of nitrogens with zero attached hydrogens (tertiary/aromatic N) is 1. The highest BCUT2D eigenvalue weighted by Crippen LogP contribution is 2.24. The number of nitrogens with one attached hydrogen (secondary N) is 1. The maximum absolute atomic E-state index is 12.5. The first kappa shape index (κ1) is 11.7. The third-order valence-electron chi connectivity index (χ3n) is 4.19. The molecular formula is C15H20N2O. The van der Waals surface area contributed by atoms with E-state index in [1.54, 1.807) is 0 Å². The lowest BCUT2D eigenvalue weighted by Gasteiger charge is -2.23. The topological polar surface area (TPSA) is 32.3 Å². The van der Waals surface area contributed by atoms with Gasteiger partial charge >= 0.3 is 0 Å². The van der Waals surface area contributed by atoms with E-state index in [2.05, 4.69) is 29.3 Å². The van der Waals surface area contributed by atoms with Gasteiger partial charge in [0.2, 0.25) is 0 Å². The number of benzene rings is 1. The van der Waals surface area contributed by atoms with E-state index in [0.717, 1.165) is 44.5 Å². The number of rotatable bonds is 2. The van der Waals surface area contributed by atoms with E-state index in [4.69, 9.17) is 0 Å². The summed E-state index contributed by atoms with van der Waals surface area (Å²) in [6.07, 6.45) is 3.38. The molecular weight excluding hydrogens is 224 g/mol. The van der Waals surface area contributed by atoms with Crippen LogP contribution in [0.4, 0.5) is 0 Å². The van der Waals surface area contributed by atoms with Gasteiger partial charge in [0.15, 0.2) is 0 Å². The molecule has 0 bridgehead atoms. The minimum absolute atomic E-state index is 0.217. The Hall–Kier alpha value is -1.35. The number of hydrogen-bond donors (Lipinski definition) is 1. The minimum Gasteiger partial charge on any atom is -0.336 e. The van der Waals surface area contributed by atoms with Crippen molar-refractivity contribution in [3.05, 3.63) is 34.9 Å². The Morgan fingerprint density at radius 1 is 1.39 bits per heavy atom. The van der Waals surface area contributed by atoms with Crippen molar-refractivity contribution in [2.75, 3.05) is 6.54 Å². The van der Waals surface area contributed by atoms with Crippen molar-refractivity contribution in [1.82, 2.24) is 10.2 Å². The molecule has 2 heterocycles. The number of hydrogen-bond acceptors (Lipinski definition) is 2. The van der Waals surface area contributed by atoms with E-state index < -0.39 is 0 Å². The van der Waals surface area contributed by atoms with E-state index in [-0.39, 0.29) is 5.91 Å². The summed E-state index contributed by atoms with van der Waals surface area (Å²) in [5, 5.41) is 3.32. The second kappa shape index (κ2) is 4.73. The van der Waals surface area contributed by atoms with E-state index in [0.29, 0.717) is 6.04 Å². The van der Waals surface area contributed by atoms with Gasteiger partial charge in [-0.2, -0.15) is 0 Å². The maximum atomic E-state index is 12.5. The van der Waals surface area contributed by atoms with Gasteiger partial charge in [-0.05, 0) is 42.5 Å².